The fourth-order valence-electron chi connectivity index (χ4n) is 3.44. The van der Waals surface area contributed by atoms with E-state index in [9.17, 15) is 0 Å². The van der Waals surface area contributed by atoms with Crippen LogP contribution < -0.4 is 0 Å². The number of para-hydroxylation sites is 1. The topological polar surface area (TPSA) is 78.9 Å². The highest BCUT2D eigenvalue weighted by molar-refractivity contribution is 7.99. The summed E-state index contributed by atoms with van der Waals surface area (Å²) in [4.78, 5) is 8.88. The van der Waals surface area contributed by atoms with Crippen LogP contribution in [0, 0.1) is 0 Å². The van der Waals surface area contributed by atoms with E-state index in [4.69, 9.17) is 20.8 Å². The summed E-state index contributed by atoms with van der Waals surface area (Å²) >= 11 is 7.84. The molecule has 0 aliphatic heterocycles. The van der Waals surface area contributed by atoms with Crippen molar-refractivity contribution in [1.82, 2.24) is 24.7 Å². The molecule has 2 aromatic carbocycles. The van der Waals surface area contributed by atoms with Crippen LogP contribution in [-0.2, 0) is 11.3 Å². The van der Waals surface area contributed by atoms with Crippen LogP contribution >= 0.6 is 23.4 Å². The minimum absolute atomic E-state index is 0.626. The molecule has 5 rings (SSSR count). The number of methoxy groups -OCH3 is 1. The molecule has 0 atom stereocenters. The lowest BCUT2D eigenvalue weighted by atomic mass is 10.2. The van der Waals surface area contributed by atoms with Gasteiger partial charge in [-0.3, -0.25) is 0 Å². The second-order valence-electron chi connectivity index (χ2n) is 6.84. The molecule has 0 saturated heterocycles. The van der Waals surface area contributed by atoms with Crippen LogP contribution in [0.2, 0.25) is 5.02 Å². The number of halogens is 1. The maximum Gasteiger partial charge on any atom is 0.197 e. The molecule has 7 nitrogen and oxygen atoms in total. The minimum atomic E-state index is 0.626. The van der Waals surface area contributed by atoms with Gasteiger partial charge >= 0.3 is 0 Å². The molecular formula is C22H18ClN5O2S. The van der Waals surface area contributed by atoms with Crippen molar-refractivity contribution in [3.8, 4) is 11.4 Å². The highest BCUT2D eigenvalue weighted by Gasteiger charge is 2.20. The van der Waals surface area contributed by atoms with E-state index < -0.39 is 0 Å². The van der Waals surface area contributed by atoms with E-state index in [1.165, 1.54) is 11.8 Å². The Morgan fingerprint density at radius 2 is 1.90 bits per heavy atom. The van der Waals surface area contributed by atoms with Crippen molar-refractivity contribution in [2.75, 3.05) is 13.7 Å². The molecule has 0 aliphatic carbocycles. The van der Waals surface area contributed by atoms with Gasteiger partial charge < -0.3 is 13.7 Å². The van der Waals surface area contributed by atoms with Crippen molar-refractivity contribution < 1.29 is 9.15 Å². The van der Waals surface area contributed by atoms with E-state index in [1.54, 1.807) is 13.4 Å². The minimum Gasteiger partial charge on any atom is -0.451 e. The SMILES string of the molecule is COCCCn1c(Sc2ncnc3c2oc2ccccc23)nnc1-c1ccccc1Cl. The average molecular weight is 452 g/mol. The third-order valence-corrected chi connectivity index (χ3v) is 6.17. The van der Waals surface area contributed by atoms with E-state index >= 15 is 0 Å². The standard InChI is InChI=1S/C22H18ClN5O2S/c1-29-12-6-11-28-20(14-7-2-4-9-16(14)23)26-27-22(28)31-21-19-18(24-13-25-21)15-8-3-5-10-17(15)30-19/h2-5,7-10,13H,6,11-12H2,1H3. The van der Waals surface area contributed by atoms with Crippen LogP contribution in [0.1, 0.15) is 6.42 Å². The summed E-state index contributed by atoms with van der Waals surface area (Å²) in [6, 6.07) is 15.4. The number of fused-ring (bicyclic) bond motifs is 3. The summed E-state index contributed by atoms with van der Waals surface area (Å²) in [7, 11) is 1.69. The predicted molar refractivity (Wildman–Crippen MR) is 120 cm³/mol. The van der Waals surface area contributed by atoms with Gasteiger partial charge in [0.25, 0.3) is 0 Å². The fourth-order valence-corrected chi connectivity index (χ4v) is 4.53. The van der Waals surface area contributed by atoms with E-state index in [0.717, 1.165) is 28.5 Å². The lowest BCUT2D eigenvalue weighted by molar-refractivity contribution is 0.189. The molecule has 3 aromatic heterocycles. The Morgan fingerprint density at radius 1 is 1.06 bits per heavy atom. The molecule has 0 spiro atoms. The van der Waals surface area contributed by atoms with Gasteiger partial charge in [0.05, 0.1) is 5.02 Å². The Bertz CT molecular complexity index is 1370. The highest BCUT2D eigenvalue weighted by Crippen LogP contribution is 2.37. The molecule has 0 bridgehead atoms. The number of furan rings is 1. The maximum absolute atomic E-state index is 6.44. The van der Waals surface area contributed by atoms with Gasteiger partial charge in [0.1, 0.15) is 17.4 Å². The molecule has 9 heteroatoms. The first-order valence-electron chi connectivity index (χ1n) is 9.73. The molecule has 3 heterocycles. The van der Waals surface area contributed by atoms with Gasteiger partial charge in [0.2, 0.25) is 0 Å². The summed E-state index contributed by atoms with van der Waals surface area (Å²) < 4.78 is 13.3. The Kier molecular flexibility index (Phi) is 5.59. The van der Waals surface area contributed by atoms with Crippen LogP contribution in [0.3, 0.4) is 0 Å². The first kappa shape index (κ1) is 20.0. The number of hydrogen-bond acceptors (Lipinski definition) is 7. The maximum atomic E-state index is 6.44. The van der Waals surface area contributed by atoms with Crippen molar-refractivity contribution in [2.24, 2.45) is 0 Å². The lowest BCUT2D eigenvalue weighted by Gasteiger charge is -2.10. The van der Waals surface area contributed by atoms with Crippen molar-refractivity contribution in [2.45, 2.75) is 23.1 Å². The molecule has 5 aromatic rings. The summed E-state index contributed by atoms with van der Waals surface area (Å²) in [5.41, 5.74) is 3.03. The van der Waals surface area contributed by atoms with E-state index in [0.29, 0.717) is 39.8 Å². The third kappa shape index (κ3) is 3.78. The van der Waals surface area contributed by atoms with Crippen molar-refractivity contribution >= 4 is 45.4 Å². The zero-order valence-corrected chi connectivity index (χ0v) is 18.2. The van der Waals surface area contributed by atoms with Gasteiger partial charge in [0.15, 0.2) is 21.6 Å². The van der Waals surface area contributed by atoms with E-state index in [2.05, 4.69) is 20.2 Å². The van der Waals surface area contributed by atoms with Gasteiger partial charge in [0, 0.05) is 31.2 Å². The van der Waals surface area contributed by atoms with Crippen LogP contribution in [0.4, 0.5) is 0 Å². The number of ether oxygens (including phenoxy) is 1. The second-order valence-corrected chi connectivity index (χ2v) is 8.20. The molecule has 31 heavy (non-hydrogen) atoms. The predicted octanol–water partition coefficient (Wildman–Crippen LogP) is 5.48. The first-order valence-corrected chi connectivity index (χ1v) is 10.9. The van der Waals surface area contributed by atoms with Crippen molar-refractivity contribution in [1.29, 1.82) is 0 Å². The fraction of sp³-hybridized carbons (Fsp3) is 0.182. The Morgan fingerprint density at radius 3 is 2.77 bits per heavy atom. The van der Waals surface area contributed by atoms with Crippen molar-refractivity contribution in [3.05, 3.63) is 59.9 Å². The normalized spacial score (nSPS) is 11.5. The van der Waals surface area contributed by atoms with Gasteiger partial charge in [-0.2, -0.15) is 0 Å². The summed E-state index contributed by atoms with van der Waals surface area (Å²) in [5.74, 6) is 0.708. The monoisotopic (exact) mass is 451 g/mol. The summed E-state index contributed by atoms with van der Waals surface area (Å²) in [6.45, 7) is 1.31. The molecule has 0 amide bonds. The molecule has 0 unspecified atom stereocenters. The van der Waals surface area contributed by atoms with Crippen LogP contribution in [0.5, 0.6) is 0 Å². The largest absolute Gasteiger partial charge is 0.451 e. The molecule has 0 radical (unpaired) electrons. The lowest BCUT2D eigenvalue weighted by Crippen LogP contribution is -2.05. The molecule has 0 fully saturated rings. The number of aromatic nitrogens is 5. The number of rotatable bonds is 7. The molecular weight excluding hydrogens is 434 g/mol. The van der Waals surface area contributed by atoms with E-state index in [1.807, 2.05) is 53.1 Å². The van der Waals surface area contributed by atoms with Crippen LogP contribution in [-0.4, -0.2) is 38.4 Å². The quantitative estimate of drug-likeness (QED) is 0.239. The zero-order chi connectivity index (χ0) is 21.2. The second kappa shape index (κ2) is 8.66. The molecule has 0 N–H and O–H groups in total. The van der Waals surface area contributed by atoms with Gasteiger partial charge in [-0.05, 0) is 42.4 Å². The zero-order valence-electron chi connectivity index (χ0n) is 16.7. The Balaban J connectivity index is 1.58. The highest BCUT2D eigenvalue weighted by atomic mass is 35.5. The molecule has 156 valence electrons. The average Bonchev–Trinajstić information content (AvgIpc) is 3.36. The van der Waals surface area contributed by atoms with Crippen molar-refractivity contribution in [3.63, 3.8) is 0 Å². The van der Waals surface area contributed by atoms with Gasteiger partial charge in [-0.25, -0.2) is 9.97 Å². The third-order valence-electron chi connectivity index (χ3n) is 4.88. The van der Waals surface area contributed by atoms with Gasteiger partial charge in [-0.1, -0.05) is 35.9 Å². The smallest absolute Gasteiger partial charge is 0.197 e. The van der Waals surface area contributed by atoms with E-state index in [-0.39, 0.29) is 0 Å². The number of hydrogen-bond donors (Lipinski definition) is 0. The first-order chi connectivity index (χ1) is 15.3. The Labute approximate surface area is 187 Å². The van der Waals surface area contributed by atoms with Crippen LogP contribution in [0.15, 0.2) is 69.5 Å². The van der Waals surface area contributed by atoms with Gasteiger partial charge in [-0.15, -0.1) is 10.2 Å². The summed E-state index contributed by atoms with van der Waals surface area (Å²) in [5, 5.41) is 11.9. The number of nitrogens with zero attached hydrogens (tertiary/aromatic N) is 5. The molecule has 0 aliphatic rings. The molecule has 0 saturated carbocycles. The number of benzene rings is 2. The Hall–Kier alpha value is -2.94. The summed E-state index contributed by atoms with van der Waals surface area (Å²) in [6.07, 6.45) is 2.36. The van der Waals surface area contributed by atoms with Crippen LogP contribution in [0.25, 0.3) is 33.5 Å².